The van der Waals surface area contributed by atoms with E-state index in [9.17, 15) is 9.59 Å². The van der Waals surface area contributed by atoms with Crippen LogP contribution in [0.3, 0.4) is 0 Å². The van der Waals surface area contributed by atoms with Gasteiger partial charge in [-0.15, -0.1) is 0 Å². The number of fused-ring (bicyclic) bond motifs is 1. The summed E-state index contributed by atoms with van der Waals surface area (Å²) < 4.78 is 3.20. The van der Waals surface area contributed by atoms with Gasteiger partial charge in [-0.05, 0) is 63.1 Å². The Hall–Kier alpha value is -3.71. The fourth-order valence-corrected chi connectivity index (χ4v) is 4.54. The molecule has 0 aliphatic carbocycles. The molecule has 4 aromatic rings. The van der Waals surface area contributed by atoms with Crippen LogP contribution in [-0.4, -0.2) is 38.1 Å². The number of hydrogen-bond acceptors (Lipinski definition) is 4. The number of rotatable bonds is 9. The van der Waals surface area contributed by atoms with E-state index in [4.69, 9.17) is 5.73 Å². The smallest absolute Gasteiger partial charge is 0.330 e. The van der Waals surface area contributed by atoms with E-state index < -0.39 is 0 Å². The standard InChI is InChI=1S/C28H33N5O2/c1-4-25(31(16-8-15-29)27(34)23-13-11-20(2)12-14-23)26-18-24-17-21(3)30-33(24)28(35)32(26)19-22-9-6-5-7-10-22/h5-7,9-14,17-18,25H,4,8,15-16,19,29H2,1-3H3. The molecule has 35 heavy (non-hydrogen) atoms. The molecule has 1 atom stereocenters. The number of amides is 1. The maximum atomic E-state index is 13.7. The van der Waals surface area contributed by atoms with Crippen LogP contribution in [0.2, 0.25) is 0 Å². The number of carbonyl (C=O) groups excluding carboxylic acids is 1. The van der Waals surface area contributed by atoms with Crippen LogP contribution < -0.4 is 11.4 Å². The minimum atomic E-state index is -0.299. The van der Waals surface area contributed by atoms with E-state index in [1.807, 2.05) is 92.4 Å². The lowest BCUT2D eigenvalue weighted by molar-refractivity contribution is 0.0660. The lowest BCUT2D eigenvalue weighted by atomic mass is 10.0. The highest BCUT2D eigenvalue weighted by Gasteiger charge is 2.28. The summed E-state index contributed by atoms with van der Waals surface area (Å²) in [6.45, 7) is 7.30. The summed E-state index contributed by atoms with van der Waals surface area (Å²) in [5.41, 5.74) is 10.7. The number of nitrogens with zero attached hydrogens (tertiary/aromatic N) is 4. The maximum Gasteiger partial charge on any atom is 0.349 e. The van der Waals surface area contributed by atoms with Crippen molar-refractivity contribution in [3.05, 3.63) is 105 Å². The Bertz CT molecular complexity index is 1360. The van der Waals surface area contributed by atoms with Crippen molar-refractivity contribution in [2.75, 3.05) is 13.1 Å². The highest BCUT2D eigenvalue weighted by molar-refractivity contribution is 5.94. The Labute approximate surface area is 205 Å². The van der Waals surface area contributed by atoms with Crippen LogP contribution in [0.1, 0.15) is 58.7 Å². The molecule has 0 aliphatic heterocycles. The molecule has 7 nitrogen and oxygen atoms in total. The molecule has 0 fully saturated rings. The molecule has 7 heteroatoms. The average molecular weight is 472 g/mol. The fraction of sp³-hybridized carbons (Fsp3) is 0.321. The van der Waals surface area contributed by atoms with Gasteiger partial charge in [0.05, 0.1) is 23.8 Å². The summed E-state index contributed by atoms with van der Waals surface area (Å²) in [7, 11) is 0. The highest BCUT2D eigenvalue weighted by atomic mass is 16.2. The molecule has 0 saturated heterocycles. The van der Waals surface area contributed by atoms with Crippen LogP contribution in [0.25, 0.3) is 5.52 Å². The third kappa shape index (κ3) is 5.20. The van der Waals surface area contributed by atoms with Crippen LogP contribution in [-0.2, 0) is 6.54 Å². The summed E-state index contributed by atoms with van der Waals surface area (Å²) in [6, 6.07) is 21.1. The summed E-state index contributed by atoms with van der Waals surface area (Å²) in [5.74, 6) is -0.0615. The van der Waals surface area contributed by atoms with Crippen molar-refractivity contribution in [1.29, 1.82) is 0 Å². The van der Waals surface area contributed by atoms with Crippen molar-refractivity contribution in [2.45, 2.75) is 46.2 Å². The minimum absolute atomic E-state index is 0.0615. The summed E-state index contributed by atoms with van der Waals surface area (Å²) in [4.78, 5) is 29.2. The molecule has 2 heterocycles. The first-order chi connectivity index (χ1) is 16.9. The van der Waals surface area contributed by atoms with Gasteiger partial charge in [-0.1, -0.05) is 55.0 Å². The molecule has 0 aliphatic rings. The SMILES string of the molecule is CCC(c1cc2cc(C)nn2c(=O)n1Cc1ccccc1)N(CCCN)C(=O)c1ccc(C)cc1. The van der Waals surface area contributed by atoms with Gasteiger partial charge in [-0.25, -0.2) is 4.79 Å². The highest BCUT2D eigenvalue weighted by Crippen LogP contribution is 2.27. The van der Waals surface area contributed by atoms with Crippen molar-refractivity contribution in [3.63, 3.8) is 0 Å². The van der Waals surface area contributed by atoms with E-state index in [0.717, 1.165) is 28.0 Å². The van der Waals surface area contributed by atoms with Gasteiger partial charge in [0, 0.05) is 17.8 Å². The van der Waals surface area contributed by atoms with Gasteiger partial charge in [0.15, 0.2) is 0 Å². The lowest BCUT2D eigenvalue weighted by Gasteiger charge is -2.33. The molecule has 2 aromatic heterocycles. The normalized spacial score (nSPS) is 12.1. The molecule has 0 bridgehead atoms. The predicted molar refractivity (Wildman–Crippen MR) is 139 cm³/mol. The zero-order valence-electron chi connectivity index (χ0n) is 20.6. The first kappa shape index (κ1) is 24.4. The number of benzene rings is 2. The monoisotopic (exact) mass is 471 g/mol. The predicted octanol–water partition coefficient (Wildman–Crippen LogP) is 4.10. The molecule has 2 N–H and O–H groups in total. The molecule has 182 valence electrons. The first-order valence-electron chi connectivity index (χ1n) is 12.1. The second-order valence-corrected chi connectivity index (χ2v) is 8.98. The quantitative estimate of drug-likeness (QED) is 0.398. The van der Waals surface area contributed by atoms with E-state index in [1.165, 1.54) is 4.52 Å². The summed E-state index contributed by atoms with van der Waals surface area (Å²) >= 11 is 0. The molecule has 2 aromatic carbocycles. The second-order valence-electron chi connectivity index (χ2n) is 8.98. The van der Waals surface area contributed by atoms with E-state index >= 15 is 0 Å². The molecule has 1 amide bonds. The number of carbonyl (C=O) groups is 1. The van der Waals surface area contributed by atoms with E-state index in [1.54, 1.807) is 4.57 Å². The Morgan fingerprint density at radius 2 is 1.77 bits per heavy atom. The Morgan fingerprint density at radius 1 is 1.06 bits per heavy atom. The third-order valence-corrected chi connectivity index (χ3v) is 6.33. The van der Waals surface area contributed by atoms with Crippen molar-refractivity contribution < 1.29 is 4.79 Å². The van der Waals surface area contributed by atoms with Gasteiger partial charge < -0.3 is 10.6 Å². The minimum Gasteiger partial charge on any atom is -0.330 e. The van der Waals surface area contributed by atoms with Crippen LogP contribution >= 0.6 is 0 Å². The maximum absolute atomic E-state index is 13.7. The largest absolute Gasteiger partial charge is 0.349 e. The van der Waals surface area contributed by atoms with Gasteiger partial charge in [0.2, 0.25) is 0 Å². The molecular weight excluding hydrogens is 438 g/mol. The van der Waals surface area contributed by atoms with Gasteiger partial charge in [-0.3, -0.25) is 9.36 Å². The molecule has 1 unspecified atom stereocenters. The van der Waals surface area contributed by atoms with Gasteiger partial charge in [-0.2, -0.15) is 9.61 Å². The number of hydrogen-bond donors (Lipinski definition) is 1. The lowest BCUT2D eigenvalue weighted by Crippen LogP contribution is -2.40. The number of aryl methyl sites for hydroxylation is 2. The zero-order valence-corrected chi connectivity index (χ0v) is 20.6. The Balaban J connectivity index is 1.86. The third-order valence-electron chi connectivity index (χ3n) is 6.33. The van der Waals surface area contributed by atoms with Gasteiger partial charge >= 0.3 is 5.69 Å². The molecule has 0 spiro atoms. The van der Waals surface area contributed by atoms with Crippen molar-refractivity contribution in [2.24, 2.45) is 5.73 Å². The summed E-state index contributed by atoms with van der Waals surface area (Å²) in [6.07, 6.45) is 1.32. The van der Waals surface area contributed by atoms with E-state index in [0.29, 0.717) is 38.0 Å². The van der Waals surface area contributed by atoms with E-state index in [2.05, 4.69) is 5.10 Å². The van der Waals surface area contributed by atoms with Crippen LogP contribution in [0.15, 0.2) is 71.5 Å². The van der Waals surface area contributed by atoms with E-state index in [-0.39, 0.29) is 17.6 Å². The zero-order chi connectivity index (χ0) is 24.9. The molecule has 4 rings (SSSR count). The average Bonchev–Trinajstić information content (AvgIpc) is 3.25. The molecule has 0 saturated carbocycles. The van der Waals surface area contributed by atoms with Crippen LogP contribution in [0.4, 0.5) is 0 Å². The number of aromatic nitrogens is 3. The van der Waals surface area contributed by atoms with Crippen molar-refractivity contribution in [3.8, 4) is 0 Å². The fourth-order valence-electron chi connectivity index (χ4n) is 4.54. The Kier molecular flexibility index (Phi) is 7.46. The number of nitrogens with two attached hydrogens (primary N) is 1. The molecule has 0 radical (unpaired) electrons. The van der Waals surface area contributed by atoms with Crippen molar-refractivity contribution in [1.82, 2.24) is 19.1 Å². The van der Waals surface area contributed by atoms with Crippen molar-refractivity contribution >= 4 is 11.4 Å². The van der Waals surface area contributed by atoms with Crippen LogP contribution in [0, 0.1) is 13.8 Å². The Morgan fingerprint density at radius 3 is 2.43 bits per heavy atom. The topological polar surface area (TPSA) is 85.6 Å². The summed E-state index contributed by atoms with van der Waals surface area (Å²) in [5, 5.41) is 4.41. The van der Waals surface area contributed by atoms with Crippen LogP contribution in [0.5, 0.6) is 0 Å². The van der Waals surface area contributed by atoms with Gasteiger partial charge in [0.1, 0.15) is 0 Å². The first-order valence-corrected chi connectivity index (χ1v) is 12.1. The second kappa shape index (κ2) is 10.7. The van der Waals surface area contributed by atoms with Gasteiger partial charge in [0.25, 0.3) is 5.91 Å². The molecular formula is C28H33N5O2.